The summed E-state index contributed by atoms with van der Waals surface area (Å²) in [6, 6.07) is 17.3. The molecule has 1 saturated heterocycles. The van der Waals surface area contributed by atoms with Crippen LogP contribution in [0.3, 0.4) is 0 Å². The Morgan fingerprint density at radius 3 is 2.48 bits per heavy atom. The molecule has 0 unspecified atom stereocenters. The minimum absolute atomic E-state index is 0. The van der Waals surface area contributed by atoms with Crippen molar-refractivity contribution in [3.05, 3.63) is 60.5 Å². The number of hydrogen-bond donors (Lipinski definition) is 1. The first-order valence-corrected chi connectivity index (χ1v) is 8.74. The SMILES string of the molecule is Cl.NCC1(c2nc(-c3cccc(Oc4ccccc4)c3)no2)CCOCC1. The Morgan fingerprint density at radius 1 is 1.00 bits per heavy atom. The molecule has 0 saturated carbocycles. The van der Waals surface area contributed by atoms with Crippen LogP contribution in [0.15, 0.2) is 59.1 Å². The highest BCUT2D eigenvalue weighted by Crippen LogP contribution is 2.34. The predicted molar refractivity (Wildman–Crippen MR) is 104 cm³/mol. The largest absolute Gasteiger partial charge is 0.457 e. The van der Waals surface area contributed by atoms with E-state index in [1.165, 1.54) is 0 Å². The smallest absolute Gasteiger partial charge is 0.234 e. The summed E-state index contributed by atoms with van der Waals surface area (Å²) in [5, 5.41) is 4.16. The van der Waals surface area contributed by atoms with Crippen molar-refractivity contribution in [3.8, 4) is 22.9 Å². The molecule has 0 amide bonds. The number of halogens is 1. The molecule has 1 fully saturated rings. The van der Waals surface area contributed by atoms with Crippen LogP contribution < -0.4 is 10.5 Å². The summed E-state index contributed by atoms with van der Waals surface area (Å²) in [4.78, 5) is 4.63. The van der Waals surface area contributed by atoms with Gasteiger partial charge in [0.15, 0.2) is 0 Å². The Balaban J connectivity index is 0.00000210. The zero-order valence-electron chi connectivity index (χ0n) is 14.8. The monoisotopic (exact) mass is 387 g/mol. The number of para-hydroxylation sites is 1. The summed E-state index contributed by atoms with van der Waals surface area (Å²) in [6.45, 7) is 1.79. The van der Waals surface area contributed by atoms with Gasteiger partial charge in [-0.15, -0.1) is 12.4 Å². The number of aromatic nitrogens is 2. The van der Waals surface area contributed by atoms with Crippen LogP contribution in [-0.2, 0) is 10.2 Å². The summed E-state index contributed by atoms with van der Waals surface area (Å²) in [7, 11) is 0. The lowest BCUT2D eigenvalue weighted by Gasteiger charge is -2.32. The van der Waals surface area contributed by atoms with Crippen molar-refractivity contribution in [1.82, 2.24) is 10.1 Å². The van der Waals surface area contributed by atoms with Gasteiger partial charge in [0.25, 0.3) is 0 Å². The number of nitrogens with two attached hydrogens (primary N) is 1. The van der Waals surface area contributed by atoms with E-state index in [1.807, 2.05) is 54.6 Å². The van der Waals surface area contributed by atoms with Crippen LogP contribution in [0.5, 0.6) is 11.5 Å². The Kier molecular flexibility index (Phi) is 6.11. The van der Waals surface area contributed by atoms with Crippen molar-refractivity contribution >= 4 is 12.4 Å². The van der Waals surface area contributed by atoms with Crippen LogP contribution >= 0.6 is 12.4 Å². The fourth-order valence-electron chi connectivity index (χ4n) is 3.15. The summed E-state index contributed by atoms with van der Waals surface area (Å²) >= 11 is 0. The molecule has 1 aliphatic rings. The fourth-order valence-corrected chi connectivity index (χ4v) is 3.15. The van der Waals surface area contributed by atoms with Gasteiger partial charge in [-0.3, -0.25) is 0 Å². The molecule has 0 atom stereocenters. The lowest BCUT2D eigenvalue weighted by Crippen LogP contribution is -2.40. The van der Waals surface area contributed by atoms with Crippen molar-refractivity contribution in [2.45, 2.75) is 18.3 Å². The molecular weight excluding hydrogens is 366 g/mol. The van der Waals surface area contributed by atoms with Gasteiger partial charge in [-0.2, -0.15) is 4.98 Å². The first-order valence-electron chi connectivity index (χ1n) is 8.74. The minimum atomic E-state index is -0.290. The topological polar surface area (TPSA) is 83.4 Å². The molecule has 0 spiro atoms. The molecule has 0 bridgehead atoms. The number of ether oxygens (including phenoxy) is 2. The maximum Gasteiger partial charge on any atom is 0.234 e. The predicted octanol–water partition coefficient (Wildman–Crippen LogP) is 3.96. The van der Waals surface area contributed by atoms with E-state index < -0.39 is 0 Å². The molecular formula is C20H22ClN3O3. The quantitative estimate of drug-likeness (QED) is 0.713. The molecule has 6 nitrogen and oxygen atoms in total. The standard InChI is InChI=1S/C20H21N3O3.ClH/c21-14-20(9-11-24-12-10-20)19-22-18(23-26-19)15-5-4-8-17(13-15)25-16-6-2-1-3-7-16;/h1-8,13H,9-12,14,21H2;1H. The first-order chi connectivity index (χ1) is 12.8. The molecule has 0 aliphatic carbocycles. The van der Waals surface area contributed by atoms with E-state index in [1.54, 1.807) is 0 Å². The Labute approximate surface area is 164 Å². The summed E-state index contributed by atoms with van der Waals surface area (Å²) in [6.07, 6.45) is 1.59. The fraction of sp³-hybridized carbons (Fsp3) is 0.300. The van der Waals surface area contributed by atoms with Crippen LogP contribution in [0.4, 0.5) is 0 Å². The zero-order chi connectivity index (χ0) is 17.8. The van der Waals surface area contributed by atoms with Gasteiger partial charge in [-0.1, -0.05) is 35.5 Å². The highest BCUT2D eigenvalue weighted by Gasteiger charge is 2.38. The Hall–Kier alpha value is -2.41. The normalized spacial score (nSPS) is 15.7. The molecule has 27 heavy (non-hydrogen) atoms. The van der Waals surface area contributed by atoms with E-state index in [4.69, 9.17) is 19.7 Å². The maximum absolute atomic E-state index is 6.02. The average Bonchev–Trinajstić information content (AvgIpc) is 3.20. The number of nitrogens with zero attached hydrogens (tertiary/aromatic N) is 2. The highest BCUT2D eigenvalue weighted by molar-refractivity contribution is 5.85. The summed E-state index contributed by atoms with van der Waals surface area (Å²) < 4.78 is 16.9. The second kappa shape index (κ2) is 8.52. The zero-order valence-corrected chi connectivity index (χ0v) is 15.7. The first kappa shape index (κ1) is 19.4. The van der Waals surface area contributed by atoms with Gasteiger partial charge in [0, 0.05) is 25.3 Å². The van der Waals surface area contributed by atoms with E-state index >= 15 is 0 Å². The van der Waals surface area contributed by atoms with Crippen LogP contribution in [0.2, 0.25) is 0 Å². The minimum Gasteiger partial charge on any atom is -0.457 e. The van der Waals surface area contributed by atoms with Crippen LogP contribution in [0.25, 0.3) is 11.4 Å². The third-order valence-corrected chi connectivity index (χ3v) is 4.79. The molecule has 142 valence electrons. The molecule has 7 heteroatoms. The second-order valence-corrected chi connectivity index (χ2v) is 6.46. The van der Waals surface area contributed by atoms with Crippen molar-refractivity contribution < 1.29 is 14.0 Å². The van der Waals surface area contributed by atoms with Crippen LogP contribution in [-0.4, -0.2) is 29.9 Å². The van der Waals surface area contributed by atoms with Gasteiger partial charge in [0.05, 0.1) is 5.41 Å². The highest BCUT2D eigenvalue weighted by atomic mass is 35.5. The molecule has 1 aromatic heterocycles. The molecule has 2 heterocycles. The van der Waals surface area contributed by atoms with Gasteiger partial charge >= 0.3 is 0 Å². The Morgan fingerprint density at radius 2 is 1.74 bits per heavy atom. The van der Waals surface area contributed by atoms with Gasteiger partial charge in [-0.25, -0.2) is 0 Å². The van der Waals surface area contributed by atoms with Gasteiger partial charge in [0.2, 0.25) is 11.7 Å². The van der Waals surface area contributed by atoms with Gasteiger partial charge in [0.1, 0.15) is 11.5 Å². The molecule has 2 aromatic carbocycles. The molecule has 0 radical (unpaired) electrons. The van der Waals surface area contributed by atoms with Crippen molar-refractivity contribution in [2.24, 2.45) is 5.73 Å². The molecule has 1 aliphatic heterocycles. The van der Waals surface area contributed by atoms with E-state index in [0.717, 1.165) is 29.9 Å². The number of hydrogen-bond acceptors (Lipinski definition) is 6. The van der Waals surface area contributed by atoms with Crippen LogP contribution in [0.1, 0.15) is 18.7 Å². The van der Waals surface area contributed by atoms with Gasteiger partial charge in [-0.05, 0) is 37.1 Å². The number of rotatable bonds is 5. The third-order valence-electron chi connectivity index (χ3n) is 4.79. The van der Waals surface area contributed by atoms with Crippen molar-refractivity contribution in [1.29, 1.82) is 0 Å². The van der Waals surface area contributed by atoms with E-state index in [2.05, 4.69) is 10.1 Å². The van der Waals surface area contributed by atoms with Gasteiger partial charge < -0.3 is 19.7 Å². The van der Waals surface area contributed by atoms with Crippen molar-refractivity contribution in [2.75, 3.05) is 19.8 Å². The van der Waals surface area contributed by atoms with E-state index in [-0.39, 0.29) is 17.8 Å². The average molecular weight is 388 g/mol. The summed E-state index contributed by atoms with van der Waals surface area (Å²) in [5.74, 6) is 2.63. The molecule has 2 N–H and O–H groups in total. The lowest BCUT2D eigenvalue weighted by atomic mass is 9.80. The number of benzene rings is 2. The molecule has 3 aromatic rings. The summed E-state index contributed by atoms with van der Waals surface area (Å²) in [5.41, 5.74) is 6.58. The second-order valence-electron chi connectivity index (χ2n) is 6.46. The lowest BCUT2D eigenvalue weighted by molar-refractivity contribution is 0.0409. The van der Waals surface area contributed by atoms with E-state index in [9.17, 15) is 0 Å². The van der Waals surface area contributed by atoms with Crippen LogP contribution in [0, 0.1) is 0 Å². The third kappa shape index (κ3) is 4.13. The molecule has 4 rings (SSSR count). The van der Waals surface area contributed by atoms with Crippen molar-refractivity contribution in [3.63, 3.8) is 0 Å². The maximum atomic E-state index is 6.02. The Bertz CT molecular complexity index is 864. The van der Waals surface area contributed by atoms with E-state index in [0.29, 0.717) is 31.5 Å².